The van der Waals surface area contributed by atoms with Gasteiger partial charge in [0.15, 0.2) is 0 Å². The van der Waals surface area contributed by atoms with Crippen molar-refractivity contribution in [2.45, 2.75) is 13.1 Å². The van der Waals surface area contributed by atoms with Crippen molar-refractivity contribution >= 4 is 11.8 Å². The number of rotatable bonds is 4. The summed E-state index contributed by atoms with van der Waals surface area (Å²) in [7, 11) is 0. The highest BCUT2D eigenvalue weighted by molar-refractivity contribution is 5.94. The molecule has 0 radical (unpaired) electrons. The summed E-state index contributed by atoms with van der Waals surface area (Å²) in [5.74, 6) is -3.23. The number of ketones is 1. The van der Waals surface area contributed by atoms with Crippen molar-refractivity contribution in [3.05, 3.63) is 24.0 Å². The van der Waals surface area contributed by atoms with Crippen molar-refractivity contribution < 1.29 is 27.9 Å². The first-order valence-electron chi connectivity index (χ1n) is 3.69. The number of nitrogens with one attached hydrogen (secondary N) is 1. The SMILES string of the molecule is C/C(=C\N/C=C/C(=O)C(F)(F)F)C(=O)O. The van der Waals surface area contributed by atoms with Gasteiger partial charge in [-0.1, -0.05) is 0 Å². The van der Waals surface area contributed by atoms with Crippen LogP contribution in [0.1, 0.15) is 6.92 Å². The van der Waals surface area contributed by atoms with Gasteiger partial charge in [-0.15, -0.1) is 0 Å². The fourth-order valence-corrected chi connectivity index (χ4v) is 0.453. The standard InChI is InChI=1S/C8H8F3NO3/c1-5(7(14)15)4-12-3-2-6(13)8(9,10)11/h2-4,12H,1H3,(H,14,15)/b3-2+,5-4+. The lowest BCUT2D eigenvalue weighted by molar-refractivity contribution is -0.165. The van der Waals surface area contributed by atoms with Crippen molar-refractivity contribution in [2.24, 2.45) is 0 Å². The van der Waals surface area contributed by atoms with E-state index in [0.29, 0.717) is 6.20 Å². The minimum absolute atomic E-state index is 0.0980. The lowest BCUT2D eigenvalue weighted by Crippen LogP contribution is -2.20. The van der Waals surface area contributed by atoms with Crippen LogP contribution in [0.15, 0.2) is 24.0 Å². The quantitative estimate of drug-likeness (QED) is 0.703. The number of alkyl halides is 3. The molecule has 2 N–H and O–H groups in total. The van der Waals surface area contributed by atoms with Crippen molar-refractivity contribution in [3.63, 3.8) is 0 Å². The Labute approximate surface area is 83.1 Å². The van der Waals surface area contributed by atoms with Gasteiger partial charge < -0.3 is 10.4 Å². The number of carboxylic acid groups (broad SMARTS) is 1. The second-order valence-corrected chi connectivity index (χ2v) is 2.49. The molecule has 0 aromatic carbocycles. The third-order valence-corrected chi connectivity index (χ3v) is 1.25. The molecular formula is C8H8F3NO3. The molecule has 0 aliphatic heterocycles. The molecule has 0 aromatic heterocycles. The second kappa shape index (κ2) is 5.18. The van der Waals surface area contributed by atoms with Crippen LogP contribution in [0.3, 0.4) is 0 Å². The van der Waals surface area contributed by atoms with Gasteiger partial charge in [-0.3, -0.25) is 4.79 Å². The molecule has 0 saturated carbocycles. The molecule has 0 bridgehead atoms. The summed E-state index contributed by atoms with van der Waals surface area (Å²) in [6, 6.07) is 0. The first kappa shape index (κ1) is 13.2. The molecule has 4 nitrogen and oxygen atoms in total. The Morgan fingerprint density at radius 3 is 2.27 bits per heavy atom. The molecule has 0 aromatic rings. The van der Waals surface area contributed by atoms with Gasteiger partial charge in [0.2, 0.25) is 0 Å². The van der Waals surface area contributed by atoms with E-state index in [-0.39, 0.29) is 11.6 Å². The average Bonchev–Trinajstić information content (AvgIpc) is 2.09. The molecule has 84 valence electrons. The zero-order chi connectivity index (χ0) is 12.1. The van der Waals surface area contributed by atoms with Gasteiger partial charge in [0, 0.05) is 24.0 Å². The zero-order valence-electron chi connectivity index (χ0n) is 7.63. The first-order chi connectivity index (χ1) is 6.75. The Morgan fingerprint density at radius 1 is 1.33 bits per heavy atom. The van der Waals surface area contributed by atoms with E-state index in [0.717, 1.165) is 6.20 Å². The molecule has 15 heavy (non-hydrogen) atoms. The first-order valence-corrected chi connectivity index (χ1v) is 3.69. The molecule has 0 saturated heterocycles. The molecule has 0 atom stereocenters. The van der Waals surface area contributed by atoms with Crippen LogP contribution >= 0.6 is 0 Å². The van der Waals surface area contributed by atoms with Crippen LogP contribution < -0.4 is 5.32 Å². The Morgan fingerprint density at radius 2 is 1.87 bits per heavy atom. The number of aliphatic carboxylic acids is 1. The molecule has 7 heteroatoms. The van der Waals surface area contributed by atoms with E-state index in [2.05, 4.69) is 5.32 Å². The van der Waals surface area contributed by atoms with Crippen LogP contribution in [0.25, 0.3) is 0 Å². The van der Waals surface area contributed by atoms with Crippen LogP contribution in [-0.4, -0.2) is 23.0 Å². The molecule has 0 spiro atoms. The van der Waals surface area contributed by atoms with E-state index in [9.17, 15) is 22.8 Å². The van der Waals surface area contributed by atoms with Gasteiger partial charge in [-0.2, -0.15) is 13.2 Å². The predicted molar refractivity (Wildman–Crippen MR) is 44.7 cm³/mol. The number of carbonyl (C=O) groups is 2. The minimum atomic E-state index is -4.91. The normalized spacial score (nSPS) is 12.9. The van der Waals surface area contributed by atoms with Crippen LogP contribution in [0.4, 0.5) is 13.2 Å². The molecule has 0 amide bonds. The Balaban J connectivity index is 4.19. The Hall–Kier alpha value is -1.79. The second-order valence-electron chi connectivity index (χ2n) is 2.49. The fraction of sp³-hybridized carbons (Fsp3) is 0.250. The van der Waals surface area contributed by atoms with Gasteiger partial charge in [0.25, 0.3) is 5.78 Å². The summed E-state index contributed by atoms with van der Waals surface area (Å²) in [4.78, 5) is 20.5. The van der Waals surface area contributed by atoms with Crippen molar-refractivity contribution in [3.8, 4) is 0 Å². The molecule has 0 fully saturated rings. The van der Waals surface area contributed by atoms with Crippen LogP contribution in [-0.2, 0) is 9.59 Å². The fourth-order valence-electron chi connectivity index (χ4n) is 0.453. The van der Waals surface area contributed by atoms with Gasteiger partial charge in [0.05, 0.1) is 0 Å². The monoisotopic (exact) mass is 223 g/mol. The van der Waals surface area contributed by atoms with Gasteiger partial charge in [-0.25, -0.2) is 4.79 Å². The van der Waals surface area contributed by atoms with E-state index in [1.165, 1.54) is 6.92 Å². The lowest BCUT2D eigenvalue weighted by Gasteiger charge is -1.99. The number of hydrogen-bond acceptors (Lipinski definition) is 3. The molecular weight excluding hydrogens is 215 g/mol. The summed E-state index contributed by atoms with van der Waals surface area (Å²) in [6.07, 6.45) is -2.97. The summed E-state index contributed by atoms with van der Waals surface area (Å²) < 4.78 is 34.9. The van der Waals surface area contributed by atoms with Crippen molar-refractivity contribution in [1.29, 1.82) is 0 Å². The Kier molecular flexibility index (Phi) is 4.56. The third kappa shape index (κ3) is 5.50. The van der Waals surface area contributed by atoms with E-state index >= 15 is 0 Å². The summed E-state index contributed by atoms with van der Waals surface area (Å²) >= 11 is 0. The maximum atomic E-state index is 11.6. The highest BCUT2D eigenvalue weighted by Crippen LogP contribution is 2.15. The van der Waals surface area contributed by atoms with Crippen LogP contribution in [0, 0.1) is 0 Å². The van der Waals surface area contributed by atoms with Crippen LogP contribution in [0.2, 0.25) is 0 Å². The van der Waals surface area contributed by atoms with E-state index in [1.54, 1.807) is 0 Å². The highest BCUT2D eigenvalue weighted by Gasteiger charge is 2.35. The minimum Gasteiger partial charge on any atom is -0.478 e. The third-order valence-electron chi connectivity index (χ3n) is 1.25. The zero-order valence-corrected chi connectivity index (χ0v) is 7.63. The van der Waals surface area contributed by atoms with E-state index in [4.69, 9.17) is 5.11 Å². The number of carboxylic acids is 1. The number of halogens is 3. The molecule has 0 aliphatic rings. The van der Waals surface area contributed by atoms with E-state index in [1.807, 2.05) is 0 Å². The number of carbonyl (C=O) groups excluding carboxylic acids is 1. The van der Waals surface area contributed by atoms with Crippen LogP contribution in [0.5, 0.6) is 0 Å². The summed E-state index contributed by atoms with van der Waals surface area (Å²) in [6.45, 7) is 1.24. The van der Waals surface area contributed by atoms with Crippen molar-refractivity contribution in [1.82, 2.24) is 5.32 Å². The topological polar surface area (TPSA) is 66.4 Å². The maximum Gasteiger partial charge on any atom is 0.454 e. The predicted octanol–water partition coefficient (Wildman–Crippen LogP) is 1.21. The summed E-state index contributed by atoms with van der Waals surface area (Å²) in [5.41, 5.74) is -0.0980. The van der Waals surface area contributed by atoms with Gasteiger partial charge in [0.1, 0.15) is 0 Å². The highest BCUT2D eigenvalue weighted by atomic mass is 19.4. The van der Waals surface area contributed by atoms with Gasteiger partial charge >= 0.3 is 12.1 Å². The summed E-state index contributed by atoms with van der Waals surface area (Å²) in [5, 5.41) is 10.5. The molecule has 0 heterocycles. The van der Waals surface area contributed by atoms with Gasteiger partial charge in [-0.05, 0) is 6.92 Å². The maximum absolute atomic E-state index is 11.6. The number of hydrogen-bond donors (Lipinski definition) is 2. The molecule has 0 aliphatic carbocycles. The average molecular weight is 223 g/mol. The van der Waals surface area contributed by atoms with Crippen molar-refractivity contribution in [2.75, 3.05) is 0 Å². The Bertz CT molecular complexity index is 318. The lowest BCUT2D eigenvalue weighted by atomic mass is 10.3. The van der Waals surface area contributed by atoms with E-state index < -0.39 is 17.9 Å². The molecule has 0 unspecified atom stereocenters. The largest absolute Gasteiger partial charge is 0.478 e. The number of allylic oxidation sites excluding steroid dienone is 1. The molecule has 0 rings (SSSR count). The smallest absolute Gasteiger partial charge is 0.454 e.